The SMILES string of the molecule is c1ccc(-c2ccc(-c3ccc(-c4nc(-c5ccccc5)nc(-c5ccc(-n6c7ccccc7c7cc8ccccc8cc76)cc5-c5cccc6oc7c8ccccc8ccc7c56)n4)cc3)cc2)cc1. The minimum atomic E-state index is 0.578. The zero-order valence-corrected chi connectivity index (χ0v) is 37.8. The van der Waals surface area contributed by atoms with Crippen molar-refractivity contribution in [2.45, 2.75) is 0 Å². The van der Waals surface area contributed by atoms with Crippen molar-refractivity contribution in [2.24, 2.45) is 0 Å². The molecule has 3 aromatic heterocycles. The Morgan fingerprint density at radius 1 is 0.300 bits per heavy atom. The van der Waals surface area contributed by atoms with E-state index in [9.17, 15) is 0 Å². The molecule has 5 nitrogen and oxygen atoms in total. The molecule has 0 bridgehead atoms. The van der Waals surface area contributed by atoms with Crippen molar-refractivity contribution in [3.05, 3.63) is 243 Å². The number of aromatic nitrogens is 4. The second kappa shape index (κ2) is 16.1. The molecule has 0 atom stereocenters. The summed E-state index contributed by atoms with van der Waals surface area (Å²) in [7, 11) is 0. The van der Waals surface area contributed by atoms with Crippen LogP contribution in [0.5, 0.6) is 0 Å². The van der Waals surface area contributed by atoms with Crippen LogP contribution in [0.4, 0.5) is 0 Å². The summed E-state index contributed by atoms with van der Waals surface area (Å²) < 4.78 is 9.21. The standard InChI is InChI=1S/C65H40N4O/c1-3-14-41(15-4-1)42-26-28-43(29-27-42)44-30-32-47(33-31-44)64-66-63(46-17-5-2-6-18-46)67-65(68-64)54-37-35-50(69-58-24-12-11-22-52(58)57-38-48-19-7-8-20-49(48)39-59(57)69)40-56(54)53-23-13-25-60-61(53)55-36-34-45-16-9-10-21-51(45)62(55)70-60/h1-40H. The van der Waals surface area contributed by atoms with E-state index in [4.69, 9.17) is 19.4 Å². The number of furan rings is 1. The number of nitrogens with zero attached hydrogens (tertiary/aromatic N) is 4. The number of rotatable bonds is 7. The molecule has 326 valence electrons. The molecule has 0 amide bonds. The van der Waals surface area contributed by atoms with Gasteiger partial charge in [0.25, 0.3) is 0 Å². The van der Waals surface area contributed by atoms with Crippen molar-refractivity contribution >= 4 is 65.3 Å². The zero-order valence-electron chi connectivity index (χ0n) is 37.8. The van der Waals surface area contributed by atoms with Crippen molar-refractivity contribution in [3.8, 4) is 73.2 Å². The monoisotopic (exact) mass is 892 g/mol. The Kier molecular flexibility index (Phi) is 9.14. The second-order valence-electron chi connectivity index (χ2n) is 17.9. The van der Waals surface area contributed by atoms with Gasteiger partial charge < -0.3 is 8.98 Å². The molecular weight excluding hydrogens is 853 g/mol. The van der Waals surface area contributed by atoms with E-state index in [1.165, 1.54) is 32.7 Å². The Bertz CT molecular complexity index is 4330. The molecule has 5 heteroatoms. The molecule has 0 saturated heterocycles. The van der Waals surface area contributed by atoms with Gasteiger partial charge in [0.15, 0.2) is 17.5 Å². The van der Waals surface area contributed by atoms with Gasteiger partial charge in [-0.1, -0.05) is 194 Å². The summed E-state index contributed by atoms with van der Waals surface area (Å²) in [6.07, 6.45) is 0. The highest BCUT2D eigenvalue weighted by Crippen LogP contribution is 2.44. The molecule has 70 heavy (non-hydrogen) atoms. The summed E-state index contributed by atoms with van der Waals surface area (Å²) >= 11 is 0. The van der Waals surface area contributed by atoms with Crippen LogP contribution in [0.1, 0.15) is 0 Å². The van der Waals surface area contributed by atoms with Crippen LogP contribution in [-0.2, 0) is 0 Å². The Balaban J connectivity index is 0.987. The van der Waals surface area contributed by atoms with Gasteiger partial charge in [0.05, 0.1) is 11.0 Å². The molecule has 3 heterocycles. The van der Waals surface area contributed by atoms with Gasteiger partial charge in [-0.3, -0.25) is 0 Å². The third-order valence-corrected chi connectivity index (χ3v) is 13.9. The van der Waals surface area contributed by atoms with E-state index in [1.807, 2.05) is 24.3 Å². The molecule has 0 radical (unpaired) electrons. The lowest BCUT2D eigenvalue weighted by molar-refractivity contribution is 0.673. The van der Waals surface area contributed by atoms with Crippen LogP contribution in [-0.4, -0.2) is 19.5 Å². The van der Waals surface area contributed by atoms with E-state index in [0.29, 0.717) is 17.5 Å². The van der Waals surface area contributed by atoms with Gasteiger partial charge in [-0.05, 0) is 98.1 Å². The summed E-state index contributed by atoms with van der Waals surface area (Å²) in [4.78, 5) is 15.9. The Hall–Kier alpha value is -9.45. The van der Waals surface area contributed by atoms with Crippen molar-refractivity contribution in [3.63, 3.8) is 0 Å². The first kappa shape index (κ1) is 39.7. The van der Waals surface area contributed by atoms with Gasteiger partial charge in [-0.15, -0.1) is 0 Å². The maximum atomic E-state index is 6.81. The number of hydrogen-bond donors (Lipinski definition) is 0. The number of hydrogen-bond acceptors (Lipinski definition) is 4. The first-order valence-electron chi connectivity index (χ1n) is 23.7. The lowest BCUT2D eigenvalue weighted by atomic mass is 9.93. The summed E-state index contributed by atoms with van der Waals surface area (Å²) in [5, 5.41) is 9.13. The quantitative estimate of drug-likeness (QED) is 0.160. The molecule has 0 saturated carbocycles. The lowest BCUT2D eigenvalue weighted by Crippen LogP contribution is -2.02. The topological polar surface area (TPSA) is 56.7 Å². The predicted molar refractivity (Wildman–Crippen MR) is 289 cm³/mol. The van der Waals surface area contributed by atoms with E-state index in [-0.39, 0.29) is 0 Å². The average molecular weight is 893 g/mol. The third kappa shape index (κ3) is 6.59. The van der Waals surface area contributed by atoms with E-state index in [1.54, 1.807) is 0 Å². The molecule has 0 unspecified atom stereocenters. The average Bonchev–Trinajstić information content (AvgIpc) is 3.99. The molecule has 0 aliphatic rings. The Morgan fingerprint density at radius 3 is 1.57 bits per heavy atom. The molecule has 0 spiro atoms. The number of benzene rings is 11. The van der Waals surface area contributed by atoms with Crippen LogP contribution in [0.25, 0.3) is 139 Å². The van der Waals surface area contributed by atoms with Crippen molar-refractivity contribution in [1.82, 2.24) is 19.5 Å². The maximum absolute atomic E-state index is 6.81. The van der Waals surface area contributed by atoms with E-state index in [0.717, 1.165) is 88.4 Å². The van der Waals surface area contributed by atoms with Gasteiger partial charge in [-0.2, -0.15) is 0 Å². The highest BCUT2D eigenvalue weighted by Gasteiger charge is 2.22. The van der Waals surface area contributed by atoms with Gasteiger partial charge in [0.2, 0.25) is 0 Å². The summed E-state index contributed by atoms with van der Waals surface area (Å²) in [6.45, 7) is 0. The largest absolute Gasteiger partial charge is 0.455 e. The first-order valence-corrected chi connectivity index (χ1v) is 23.7. The van der Waals surface area contributed by atoms with Gasteiger partial charge in [0.1, 0.15) is 11.2 Å². The van der Waals surface area contributed by atoms with Crippen LogP contribution in [0, 0.1) is 0 Å². The lowest BCUT2D eigenvalue weighted by Gasteiger charge is -2.16. The molecule has 0 aliphatic carbocycles. The van der Waals surface area contributed by atoms with Crippen LogP contribution in [0.2, 0.25) is 0 Å². The van der Waals surface area contributed by atoms with Crippen LogP contribution < -0.4 is 0 Å². The highest BCUT2D eigenvalue weighted by molar-refractivity contribution is 6.20. The fraction of sp³-hybridized carbons (Fsp3) is 0. The molecular formula is C65H40N4O. The third-order valence-electron chi connectivity index (χ3n) is 13.9. The van der Waals surface area contributed by atoms with Crippen LogP contribution >= 0.6 is 0 Å². The van der Waals surface area contributed by atoms with Crippen molar-refractivity contribution in [2.75, 3.05) is 0 Å². The Labute approximate surface area is 403 Å². The fourth-order valence-electron chi connectivity index (χ4n) is 10.4. The fourth-order valence-corrected chi connectivity index (χ4v) is 10.4. The second-order valence-corrected chi connectivity index (χ2v) is 17.9. The summed E-state index contributed by atoms with van der Waals surface area (Å²) in [6, 6.07) is 85.8. The molecule has 0 fully saturated rings. The summed E-state index contributed by atoms with van der Waals surface area (Å²) in [5.41, 5.74) is 14.3. The molecule has 11 aromatic carbocycles. The number of para-hydroxylation sites is 1. The predicted octanol–water partition coefficient (Wildman–Crippen LogP) is 17.2. The van der Waals surface area contributed by atoms with E-state index >= 15 is 0 Å². The normalized spacial score (nSPS) is 11.7. The Morgan fingerprint density at radius 2 is 0.857 bits per heavy atom. The van der Waals surface area contributed by atoms with Gasteiger partial charge in [-0.25, -0.2) is 15.0 Å². The molecule has 14 aromatic rings. The van der Waals surface area contributed by atoms with E-state index in [2.05, 4.69) is 223 Å². The first-order chi connectivity index (χ1) is 34.7. The van der Waals surface area contributed by atoms with Crippen molar-refractivity contribution < 1.29 is 4.42 Å². The van der Waals surface area contributed by atoms with Crippen LogP contribution in [0.15, 0.2) is 247 Å². The van der Waals surface area contributed by atoms with Gasteiger partial charge in [0, 0.05) is 49.3 Å². The maximum Gasteiger partial charge on any atom is 0.164 e. The summed E-state index contributed by atoms with van der Waals surface area (Å²) in [5.74, 6) is 1.77. The van der Waals surface area contributed by atoms with E-state index < -0.39 is 0 Å². The number of fused-ring (bicyclic) bond motifs is 9. The van der Waals surface area contributed by atoms with Crippen molar-refractivity contribution in [1.29, 1.82) is 0 Å². The molecule has 14 rings (SSSR count). The van der Waals surface area contributed by atoms with Crippen LogP contribution in [0.3, 0.4) is 0 Å². The minimum absolute atomic E-state index is 0.578. The minimum Gasteiger partial charge on any atom is -0.455 e. The molecule has 0 N–H and O–H groups in total. The van der Waals surface area contributed by atoms with Gasteiger partial charge >= 0.3 is 0 Å². The smallest absolute Gasteiger partial charge is 0.164 e. The zero-order chi connectivity index (χ0) is 46.1. The molecule has 0 aliphatic heterocycles. The highest BCUT2D eigenvalue weighted by atomic mass is 16.3.